The van der Waals surface area contributed by atoms with Crippen LogP contribution in [0.1, 0.15) is 23.2 Å². The van der Waals surface area contributed by atoms with Crippen LogP contribution < -0.4 is 5.32 Å². The van der Waals surface area contributed by atoms with Crippen LogP contribution in [0.4, 0.5) is 0 Å². The van der Waals surface area contributed by atoms with Crippen molar-refractivity contribution in [2.45, 2.75) is 25.9 Å². The van der Waals surface area contributed by atoms with E-state index in [9.17, 15) is 4.79 Å². The molecule has 0 spiro atoms. The van der Waals surface area contributed by atoms with Crippen LogP contribution in [0.3, 0.4) is 0 Å². The molecule has 1 N–H and O–H groups in total. The number of aromatic nitrogens is 1. The van der Waals surface area contributed by atoms with E-state index in [0.29, 0.717) is 13.0 Å². The molecular weight excluding hydrogens is 274 g/mol. The maximum absolute atomic E-state index is 11.9. The molecule has 4 nitrogen and oxygen atoms in total. The molecule has 0 unspecified atom stereocenters. The molecule has 1 amide bonds. The van der Waals surface area contributed by atoms with Gasteiger partial charge in [0.25, 0.3) is 0 Å². The standard InChI is InChI=1S/C18H21N3O/c22-18(20-13-17-7-3-4-10-19-17)9-12-21-11-8-15-5-1-2-6-16(15)14-21/h1-7,10H,8-9,11-14H2,(H,20,22). The highest BCUT2D eigenvalue weighted by Crippen LogP contribution is 2.18. The second-order valence-electron chi connectivity index (χ2n) is 5.64. The van der Waals surface area contributed by atoms with Gasteiger partial charge in [-0.15, -0.1) is 0 Å². The number of fused-ring (bicyclic) bond motifs is 1. The van der Waals surface area contributed by atoms with Crippen LogP contribution in [0.25, 0.3) is 0 Å². The Hall–Kier alpha value is -2.20. The molecule has 3 rings (SSSR count). The molecule has 1 aliphatic heterocycles. The normalized spacial score (nSPS) is 14.4. The smallest absolute Gasteiger partial charge is 0.221 e. The Morgan fingerprint density at radius 2 is 1.95 bits per heavy atom. The number of carbonyl (C=O) groups is 1. The second kappa shape index (κ2) is 7.18. The number of hydrogen-bond acceptors (Lipinski definition) is 3. The first-order valence-electron chi connectivity index (χ1n) is 7.77. The van der Waals surface area contributed by atoms with Crippen molar-refractivity contribution in [2.75, 3.05) is 13.1 Å². The van der Waals surface area contributed by atoms with E-state index in [1.54, 1.807) is 6.20 Å². The summed E-state index contributed by atoms with van der Waals surface area (Å²) in [6.45, 7) is 3.29. The first kappa shape index (κ1) is 14.7. The minimum absolute atomic E-state index is 0.0875. The second-order valence-corrected chi connectivity index (χ2v) is 5.64. The lowest BCUT2D eigenvalue weighted by Gasteiger charge is -2.28. The fourth-order valence-corrected chi connectivity index (χ4v) is 2.78. The van der Waals surface area contributed by atoms with E-state index in [0.717, 1.165) is 31.7 Å². The van der Waals surface area contributed by atoms with Gasteiger partial charge in [-0.05, 0) is 29.7 Å². The van der Waals surface area contributed by atoms with Crippen molar-refractivity contribution in [1.29, 1.82) is 0 Å². The Balaban J connectivity index is 1.42. The topological polar surface area (TPSA) is 45.2 Å². The third kappa shape index (κ3) is 3.92. The Kier molecular flexibility index (Phi) is 4.81. The number of benzene rings is 1. The van der Waals surface area contributed by atoms with Crippen molar-refractivity contribution in [2.24, 2.45) is 0 Å². The molecular formula is C18H21N3O. The summed E-state index contributed by atoms with van der Waals surface area (Å²) in [5.41, 5.74) is 3.73. The van der Waals surface area contributed by atoms with Crippen molar-refractivity contribution in [3.63, 3.8) is 0 Å². The molecule has 0 fully saturated rings. The molecule has 0 aliphatic carbocycles. The van der Waals surface area contributed by atoms with Gasteiger partial charge in [0.15, 0.2) is 0 Å². The van der Waals surface area contributed by atoms with Gasteiger partial charge < -0.3 is 5.32 Å². The zero-order chi connectivity index (χ0) is 15.2. The fourth-order valence-electron chi connectivity index (χ4n) is 2.78. The predicted octanol–water partition coefficient (Wildman–Crippen LogP) is 2.15. The van der Waals surface area contributed by atoms with Crippen molar-refractivity contribution in [1.82, 2.24) is 15.2 Å². The number of carbonyl (C=O) groups excluding carboxylic acids is 1. The van der Waals surface area contributed by atoms with Gasteiger partial charge in [0.05, 0.1) is 12.2 Å². The van der Waals surface area contributed by atoms with E-state index < -0.39 is 0 Å². The van der Waals surface area contributed by atoms with Gasteiger partial charge >= 0.3 is 0 Å². The maximum atomic E-state index is 11.9. The molecule has 0 bridgehead atoms. The Morgan fingerprint density at radius 3 is 2.77 bits per heavy atom. The van der Waals surface area contributed by atoms with Crippen LogP contribution in [0.2, 0.25) is 0 Å². The number of nitrogens with zero attached hydrogens (tertiary/aromatic N) is 2. The van der Waals surface area contributed by atoms with E-state index in [4.69, 9.17) is 0 Å². The molecule has 114 valence electrons. The first-order chi connectivity index (χ1) is 10.8. The summed E-state index contributed by atoms with van der Waals surface area (Å²) in [5.74, 6) is 0.0875. The Labute approximate surface area is 131 Å². The van der Waals surface area contributed by atoms with E-state index in [2.05, 4.69) is 39.5 Å². The van der Waals surface area contributed by atoms with E-state index in [1.165, 1.54) is 11.1 Å². The molecule has 1 aromatic carbocycles. The number of rotatable bonds is 5. The molecule has 2 heterocycles. The Morgan fingerprint density at radius 1 is 1.14 bits per heavy atom. The van der Waals surface area contributed by atoms with Crippen molar-refractivity contribution in [3.05, 3.63) is 65.5 Å². The van der Waals surface area contributed by atoms with Crippen LogP contribution in [0.15, 0.2) is 48.7 Å². The summed E-state index contributed by atoms with van der Waals surface area (Å²) in [5, 5.41) is 2.93. The van der Waals surface area contributed by atoms with Gasteiger partial charge in [0, 0.05) is 32.3 Å². The minimum Gasteiger partial charge on any atom is -0.350 e. The quantitative estimate of drug-likeness (QED) is 0.919. The van der Waals surface area contributed by atoms with Gasteiger partial charge in [0.2, 0.25) is 5.91 Å². The third-order valence-corrected chi connectivity index (χ3v) is 4.06. The van der Waals surface area contributed by atoms with Crippen LogP contribution in [0.5, 0.6) is 0 Å². The zero-order valence-electron chi connectivity index (χ0n) is 12.7. The summed E-state index contributed by atoms with van der Waals surface area (Å²) in [6.07, 6.45) is 3.35. The van der Waals surface area contributed by atoms with E-state index in [1.807, 2.05) is 18.2 Å². The highest BCUT2D eigenvalue weighted by atomic mass is 16.1. The highest BCUT2D eigenvalue weighted by Gasteiger charge is 2.16. The maximum Gasteiger partial charge on any atom is 0.221 e. The molecule has 22 heavy (non-hydrogen) atoms. The van der Waals surface area contributed by atoms with Crippen molar-refractivity contribution < 1.29 is 4.79 Å². The SMILES string of the molecule is O=C(CCN1CCc2ccccc2C1)NCc1ccccn1. The monoisotopic (exact) mass is 295 g/mol. The Bertz CT molecular complexity index is 627. The number of hydrogen-bond donors (Lipinski definition) is 1. The zero-order valence-corrected chi connectivity index (χ0v) is 12.7. The molecule has 4 heteroatoms. The molecule has 0 saturated carbocycles. The van der Waals surface area contributed by atoms with Crippen LogP contribution in [0, 0.1) is 0 Å². The summed E-state index contributed by atoms with van der Waals surface area (Å²) in [6, 6.07) is 14.3. The lowest BCUT2D eigenvalue weighted by atomic mass is 10.00. The molecule has 1 aromatic heterocycles. The average Bonchev–Trinajstić information content (AvgIpc) is 2.59. The summed E-state index contributed by atoms with van der Waals surface area (Å²) >= 11 is 0. The van der Waals surface area contributed by atoms with Gasteiger partial charge in [0.1, 0.15) is 0 Å². The lowest BCUT2D eigenvalue weighted by molar-refractivity contribution is -0.121. The number of pyridine rings is 1. The van der Waals surface area contributed by atoms with E-state index >= 15 is 0 Å². The molecule has 1 aliphatic rings. The fraction of sp³-hybridized carbons (Fsp3) is 0.333. The summed E-state index contributed by atoms with van der Waals surface area (Å²) in [7, 11) is 0. The van der Waals surface area contributed by atoms with E-state index in [-0.39, 0.29) is 5.91 Å². The summed E-state index contributed by atoms with van der Waals surface area (Å²) in [4.78, 5) is 18.5. The van der Waals surface area contributed by atoms with Gasteiger partial charge in [-0.2, -0.15) is 0 Å². The molecule has 2 aromatic rings. The minimum atomic E-state index is 0.0875. The predicted molar refractivity (Wildman–Crippen MR) is 86.1 cm³/mol. The highest BCUT2D eigenvalue weighted by molar-refractivity contribution is 5.76. The number of nitrogens with one attached hydrogen (secondary N) is 1. The molecule has 0 saturated heterocycles. The van der Waals surface area contributed by atoms with Crippen molar-refractivity contribution >= 4 is 5.91 Å². The third-order valence-electron chi connectivity index (χ3n) is 4.06. The largest absolute Gasteiger partial charge is 0.350 e. The van der Waals surface area contributed by atoms with Crippen molar-refractivity contribution in [3.8, 4) is 0 Å². The summed E-state index contributed by atoms with van der Waals surface area (Å²) < 4.78 is 0. The lowest BCUT2D eigenvalue weighted by Crippen LogP contribution is -2.34. The molecule has 0 atom stereocenters. The van der Waals surface area contributed by atoms with Crippen LogP contribution >= 0.6 is 0 Å². The van der Waals surface area contributed by atoms with Gasteiger partial charge in [-0.1, -0.05) is 30.3 Å². The first-order valence-corrected chi connectivity index (χ1v) is 7.77. The van der Waals surface area contributed by atoms with Gasteiger partial charge in [-0.25, -0.2) is 0 Å². The van der Waals surface area contributed by atoms with Crippen LogP contribution in [-0.4, -0.2) is 28.9 Å². The molecule has 0 radical (unpaired) electrons. The number of amides is 1. The van der Waals surface area contributed by atoms with Crippen LogP contribution in [-0.2, 0) is 24.3 Å². The van der Waals surface area contributed by atoms with Gasteiger partial charge in [-0.3, -0.25) is 14.7 Å². The average molecular weight is 295 g/mol.